The number of carbonyl (C=O) groups excluding carboxylic acids is 2. The predicted octanol–water partition coefficient (Wildman–Crippen LogP) is 6.05. The molecule has 1 fully saturated rings. The molecule has 0 aliphatic carbocycles. The van der Waals surface area contributed by atoms with Crippen LogP contribution in [-0.4, -0.2) is 23.4 Å². The van der Waals surface area contributed by atoms with Gasteiger partial charge in [0.2, 0.25) is 0 Å². The number of rotatable bonds is 5. The second-order valence-corrected chi connectivity index (χ2v) is 9.49. The molecule has 7 heteroatoms. The van der Waals surface area contributed by atoms with Gasteiger partial charge in [-0.15, -0.1) is 0 Å². The van der Waals surface area contributed by atoms with E-state index in [0.29, 0.717) is 35.1 Å². The predicted molar refractivity (Wildman–Crippen MR) is 131 cm³/mol. The number of aryl methyl sites for hydroxylation is 1. The highest BCUT2D eigenvalue weighted by Gasteiger charge is 2.48. The topological polar surface area (TPSA) is 80.0 Å². The Labute approximate surface area is 203 Å². The molecule has 182 valence electrons. The third-order valence-corrected chi connectivity index (χ3v) is 5.94. The summed E-state index contributed by atoms with van der Waals surface area (Å²) in [6, 6.07) is 12.8. The van der Waals surface area contributed by atoms with E-state index in [9.17, 15) is 19.1 Å². The molecule has 0 bridgehead atoms. The molecule has 0 saturated carbocycles. The number of furan rings is 1. The number of amides is 1. The van der Waals surface area contributed by atoms with E-state index in [4.69, 9.17) is 9.15 Å². The Morgan fingerprint density at radius 2 is 1.77 bits per heavy atom. The van der Waals surface area contributed by atoms with E-state index in [-0.39, 0.29) is 16.7 Å². The van der Waals surface area contributed by atoms with Crippen LogP contribution in [0.5, 0.6) is 5.75 Å². The summed E-state index contributed by atoms with van der Waals surface area (Å²) in [5, 5.41) is 11.4. The molecule has 1 N–H and O–H groups in total. The van der Waals surface area contributed by atoms with E-state index in [1.165, 1.54) is 29.2 Å². The van der Waals surface area contributed by atoms with Gasteiger partial charge in [0.25, 0.3) is 11.7 Å². The van der Waals surface area contributed by atoms with Gasteiger partial charge in [0.05, 0.1) is 12.2 Å². The van der Waals surface area contributed by atoms with Crippen LogP contribution in [0.25, 0.3) is 5.76 Å². The molecule has 3 aromatic rings. The first-order valence-corrected chi connectivity index (χ1v) is 11.4. The van der Waals surface area contributed by atoms with Gasteiger partial charge in [0.1, 0.15) is 34.9 Å². The van der Waals surface area contributed by atoms with Gasteiger partial charge in [-0.3, -0.25) is 14.5 Å². The summed E-state index contributed by atoms with van der Waals surface area (Å²) in [6.45, 7) is 10.2. The first kappa shape index (κ1) is 24.3. The Balaban J connectivity index is 1.92. The number of ketones is 1. The summed E-state index contributed by atoms with van der Waals surface area (Å²) in [7, 11) is 0. The molecule has 1 aliphatic heterocycles. The minimum Gasteiger partial charge on any atom is -0.507 e. The average molecular weight is 478 g/mol. The Morgan fingerprint density at radius 3 is 2.34 bits per heavy atom. The van der Waals surface area contributed by atoms with Crippen molar-refractivity contribution in [3.8, 4) is 5.75 Å². The molecular weight excluding hydrogens is 449 g/mol. The number of hydrogen-bond donors (Lipinski definition) is 1. The Morgan fingerprint density at radius 1 is 1.09 bits per heavy atom. The maximum atomic E-state index is 13.6. The highest BCUT2D eigenvalue weighted by molar-refractivity contribution is 6.51. The number of ether oxygens (including phenoxy) is 1. The van der Waals surface area contributed by atoms with Crippen LogP contribution in [0.2, 0.25) is 0 Å². The van der Waals surface area contributed by atoms with E-state index < -0.39 is 23.5 Å². The van der Waals surface area contributed by atoms with Gasteiger partial charge in [-0.2, -0.15) is 0 Å². The van der Waals surface area contributed by atoms with Crippen LogP contribution >= 0.6 is 0 Å². The monoisotopic (exact) mass is 477 g/mol. The van der Waals surface area contributed by atoms with Crippen LogP contribution < -0.4 is 9.64 Å². The second-order valence-electron chi connectivity index (χ2n) is 9.49. The minimum absolute atomic E-state index is 0.0994. The van der Waals surface area contributed by atoms with Gasteiger partial charge >= 0.3 is 0 Å². The maximum Gasteiger partial charge on any atom is 0.300 e. The molecule has 0 spiro atoms. The van der Waals surface area contributed by atoms with Crippen molar-refractivity contribution in [1.29, 1.82) is 0 Å². The molecule has 2 aromatic carbocycles. The van der Waals surface area contributed by atoms with E-state index in [1.807, 2.05) is 27.7 Å². The molecule has 6 nitrogen and oxygen atoms in total. The zero-order chi connectivity index (χ0) is 25.5. The van der Waals surface area contributed by atoms with Crippen molar-refractivity contribution in [3.63, 3.8) is 0 Å². The molecule has 1 saturated heterocycles. The molecule has 2 heterocycles. The Bertz CT molecular complexity index is 1310. The van der Waals surface area contributed by atoms with Crippen LogP contribution in [0.15, 0.2) is 64.6 Å². The van der Waals surface area contributed by atoms with Crippen LogP contribution in [0.4, 0.5) is 10.1 Å². The summed E-state index contributed by atoms with van der Waals surface area (Å²) >= 11 is 0. The summed E-state index contributed by atoms with van der Waals surface area (Å²) in [6.07, 6.45) is 0. The van der Waals surface area contributed by atoms with Crippen molar-refractivity contribution in [2.75, 3.05) is 11.5 Å². The molecule has 1 atom stereocenters. The summed E-state index contributed by atoms with van der Waals surface area (Å²) in [5.41, 5.74) is 1.13. The number of benzene rings is 2. The zero-order valence-corrected chi connectivity index (χ0v) is 20.4. The third-order valence-electron chi connectivity index (χ3n) is 5.94. The lowest BCUT2D eigenvalue weighted by Gasteiger charge is -2.25. The van der Waals surface area contributed by atoms with E-state index in [2.05, 4.69) is 0 Å². The number of Topliss-reactive ketones (excluding diaryl/α,β-unsaturated/α-hetero) is 1. The van der Waals surface area contributed by atoms with Crippen molar-refractivity contribution >= 4 is 23.1 Å². The lowest BCUT2D eigenvalue weighted by Crippen LogP contribution is -2.29. The quantitative estimate of drug-likeness (QED) is 0.275. The SMILES string of the molecule is CCOc1ccc(/C(O)=C2/C(=O)C(=O)N(c3ccc(F)cc3)C2c2ccc(C)o2)cc1C(C)(C)C. The molecule has 0 radical (unpaired) electrons. The minimum atomic E-state index is -1.01. The van der Waals surface area contributed by atoms with Crippen molar-refractivity contribution in [2.45, 2.75) is 46.1 Å². The number of hydrogen-bond acceptors (Lipinski definition) is 5. The highest BCUT2D eigenvalue weighted by Crippen LogP contribution is 2.43. The summed E-state index contributed by atoms with van der Waals surface area (Å²) in [4.78, 5) is 27.7. The van der Waals surface area contributed by atoms with Crippen molar-refractivity contribution in [2.24, 2.45) is 0 Å². The highest BCUT2D eigenvalue weighted by atomic mass is 19.1. The van der Waals surface area contributed by atoms with Crippen LogP contribution in [0, 0.1) is 12.7 Å². The van der Waals surface area contributed by atoms with Gasteiger partial charge in [0.15, 0.2) is 0 Å². The van der Waals surface area contributed by atoms with E-state index in [1.54, 1.807) is 37.3 Å². The standard InChI is InChI=1S/C28H28FNO5/c1-6-34-21-14-8-17(15-20(21)28(3,4)5)25(31)23-24(22-13-7-16(2)35-22)30(27(33)26(23)32)19-11-9-18(29)10-12-19/h7-15,24,31H,6H2,1-5H3/b25-23-. The van der Waals surface area contributed by atoms with Gasteiger partial charge in [-0.25, -0.2) is 4.39 Å². The van der Waals surface area contributed by atoms with E-state index in [0.717, 1.165) is 5.56 Å². The van der Waals surface area contributed by atoms with Gasteiger partial charge in [0, 0.05) is 16.8 Å². The first-order chi connectivity index (χ1) is 16.5. The lowest BCUT2D eigenvalue weighted by molar-refractivity contribution is -0.132. The number of anilines is 1. The number of nitrogens with zero attached hydrogens (tertiary/aromatic N) is 1. The normalized spacial score (nSPS) is 17.8. The van der Waals surface area contributed by atoms with E-state index >= 15 is 0 Å². The molecule has 1 amide bonds. The number of aliphatic hydroxyl groups excluding tert-OH is 1. The molecule has 1 aromatic heterocycles. The van der Waals surface area contributed by atoms with Crippen LogP contribution in [0.1, 0.15) is 56.4 Å². The van der Waals surface area contributed by atoms with Gasteiger partial charge in [-0.05, 0) is 73.9 Å². The molecule has 35 heavy (non-hydrogen) atoms. The van der Waals surface area contributed by atoms with Crippen LogP contribution in [0.3, 0.4) is 0 Å². The van der Waals surface area contributed by atoms with Gasteiger partial charge < -0.3 is 14.3 Å². The van der Waals surface area contributed by atoms with Gasteiger partial charge in [-0.1, -0.05) is 20.8 Å². The average Bonchev–Trinajstić information content (AvgIpc) is 3.34. The molecular formula is C28H28FNO5. The summed E-state index contributed by atoms with van der Waals surface area (Å²) in [5.74, 6) is -0.895. The fourth-order valence-electron chi connectivity index (χ4n) is 4.27. The zero-order valence-electron chi connectivity index (χ0n) is 20.4. The fourth-order valence-corrected chi connectivity index (χ4v) is 4.27. The maximum absolute atomic E-state index is 13.6. The lowest BCUT2D eigenvalue weighted by atomic mass is 9.84. The van der Waals surface area contributed by atoms with Crippen molar-refractivity contribution < 1.29 is 28.2 Å². The van der Waals surface area contributed by atoms with Crippen LogP contribution in [-0.2, 0) is 15.0 Å². The molecule has 1 aliphatic rings. The number of carbonyl (C=O) groups is 2. The Kier molecular flexibility index (Phi) is 6.28. The smallest absolute Gasteiger partial charge is 0.300 e. The molecule has 4 rings (SSSR count). The third kappa shape index (κ3) is 4.46. The second kappa shape index (κ2) is 9.06. The first-order valence-electron chi connectivity index (χ1n) is 11.4. The summed E-state index contributed by atoms with van der Waals surface area (Å²) < 4.78 is 25.1. The number of aliphatic hydroxyl groups is 1. The fraction of sp³-hybridized carbons (Fsp3) is 0.286. The van der Waals surface area contributed by atoms with Crippen molar-refractivity contribution in [3.05, 3.63) is 88.6 Å². The largest absolute Gasteiger partial charge is 0.507 e. The molecule has 1 unspecified atom stereocenters. The van der Waals surface area contributed by atoms with Crippen molar-refractivity contribution in [1.82, 2.24) is 0 Å². The Hall–Kier alpha value is -3.87. The number of halogens is 1.